The van der Waals surface area contributed by atoms with Crippen molar-refractivity contribution in [3.05, 3.63) is 84.4 Å². The zero-order chi connectivity index (χ0) is 21.2. The van der Waals surface area contributed by atoms with Crippen molar-refractivity contribution in [2.45, 2.75) is 6.92 Å². The van der Waals surface area contributed by atoms with Crippen molar-refractivity contribution >= 4 is 28.7 Å². The molecule has 1 amide bonds. The van der Waals surface area contributed by atoms with E-state index in [-0.39, 0.29) is 5.91 Å². The molecule has 1 aliphatic heterocycles. The Bertz CT molecular complexity index is 1190. The van der Waals surface area contributed by atoms with Crippen molar-refractivity contribution in [1.82, 2.24) is 14.4 Å². The maximum absolute atomic E-state index is 12.6. The van der Waals surface area contributed by atoms with Gasteiger partial charge in [-0.3, -0.25) is 4.79 Å². The Morgan fingerprint density at radius 3 is 2.48 bits per heavy atom. The first-order valence-electron chi connectivity index (χ1n) is 10.4. The fraction of sp³-hybridized carbons (Fsp3) is 0.208. The molecule has 156 valence electrons. The molecule has 1 aromatic carbocycles. The second-order valence-electron chi connectivity index (χ2n) is 7.73. The predicted molar refractivity (Wildman–Crippen MR) is 123 cm³/mol. The van der Waals surface area contributed by atoms with E-state index >= 15 is 0 Å². The largest absolute Gasteiger partial charge is 0.368 e. The van der Waals surface area contributed by atoms with E-state index in [4.69, 9.17) is 0 Å². The lowest BCUT2D eigenvalue weighted by Gasteiger charge is -2.36. The number of nitrogens with one attached hydrogen (secondary N) is 1. The number of rotatable bonds is 4. The number of imidazole rings is 1. The maximum Gasteiger partial charge on any atom is 0.255 e. The first-order chi connectivity index (χ1) is 15.2. The highest BCUT2D eigenvalue weighted by Gasteiger charge is 2.18. The number of aryl methyl sites for hydroxylation is 1. The molecule has 4 heterocycles. The molecule has 1 aliphatic rings. The minimum absolute atomic E-state index is 0.172. The molecule has 0 unspecified atom stereocenters. The summed E-state index contributed by atoms with van der Waals surface area (Å²) in [5.74, 6) is 0.758. The molecular formula is C24H24N6O. The van der Waals surface area contributed by atoms with Gasteiger partial charge < -0.3 is 19.5 Å². The third-order valence-corrected chi connectivity index (χ3v) is 5.57. The molecule has 0 radical (unpaired) electrons. The zero-order valence-electron chi connectivity index (χ0n) is 17.4. The third kappa shape index (κ3) is 4.07. The summed E-state index contributed by atoms with van der Waals surface area (Å²) in [5, 5.41) is 2.92. The van der Waals surface area contributed by atoms with Crippen LogP contribution in [0.15, 0.2) is 73.2 Å². The van der Waals surface area contributed by atoms with Gasteiger partial charge in [0.05, 0.1) is 17.6 Å². The van der Waals surface area contributed by atoms with Crippen LogP contribution in [0.4, 0.5) is 17.2 Å². The number of carbonyl (C=O) groups excluding carboxylic acids is 1. The number of para-hydroxylation sites is 1. The van der Waals surface area contributed by atoms with Crippen molar-refractivity contribution in [2.24, 2.45) is 0 Å². The SMILES string of the molecule is Cc1cn2ccc(C(=O)Nc3ccc(N4CCN(c5ccccc5)CC4)nc3)cc2n1. The number of hydrogen-bond donors (Lipinski definition) is 1. The van der Waals surface area contributed by atoms with Gasteiger partial charge in [-0.2, -0.15) is 0 Å². The average Bonchev–Trinajstić information content (AvgIpc) is 3.19. The molecule has 4 aromatic rings. The Morgan fingerprint density at radius 2 is 1.74 bits per heavy atom. The summed E-state index contributed by atoms with van der Waals surface area (Å²) < 4.78 is 1.90. The van der Waals surface area contributed by atoms with E-state index in [0.29, 0.717) is 11.3 Å². The van der Waals surface area contributed by atoms with Crippen LogP contribution in [-0.2, 0) is 0 Å². The molecule has 0 aliphatic carbocycles. The molecule has 7 heteroatoms. The van der Waals surface area contributed by atoms with E-state index in [0.717, 1.165) is 43.3 Å². The Kier molecular flexibility index (Phi) is 5.00. The molecule has 0 bridgehead atoms. The van der Waals surface area contributed by atoms with Crippen molar-refractivity contribution in [2.75, 3.05) is 41.3 Å². The quantitative estimate of drug-likeness (QED) is 0.555. The van der Waals surface area contributed by atoms with Gasteiger partial charge in [-0.05, 0) is 43.3 Å². The lowest BCUT2D eigenvalue weighted by molar-refractivity contribution is 0.102. The number of fused-ring (bicyclic) bond motifs is 1. The number of hydrogen-bond acceptors (Lipinski definition) is 5. The summed E-state index contributed by atoms with van der Waals surface area (Å²) in [7, 11) is 0. The van der Waals surface area contributed by atoms with Gasteiger partial charge in [0.1, 0.15) is 11.5 Å². The van der Waals surface area contributed by atoms with Crippen LogP contribution in [0.5, 0.6) is 0 Å². The first-order valence-corrected chi connectivity index (χ1v) is 10.4. The Labute approximate surface area is 181 Å². The summed E-state index contributed by atoms with van der Waals surface area (Å²) in [4.78, 5) is 26.3. The lowest BCUT2D eigenvalue weighted by atomic mass is 10.2. The van der Waals surface area contributed by atoms with Gasteiger partial charge in [-0.25, -0.2) is 9.97 Å². The standard InChI is InChI=1S/C24H24N6O/c1-18-17-30-10-9-19(15-23(30)26-18)24(31)27-20-7-8-22(25-16-20)29-13-11-28(12-14-29)21-5-3-2-4-6-21/h2-10,15-17H,11-14H2,1H3,(H,27,31). The fourth-order valence-corrected chi connectivity index (χ4v) is 3.93. The Morgan fingerprint density at radius 1 is 0.968 bits per heavy atom. The molecule has 3 aromatic heterocycles. The van der Waals surface area contributed by atoms with Crippen LogP contribution in [0.25, 0.3) is 5.65 Å². The van der Waals surface area contributed by atoms with E-state index in [2.05, 4.69) is 49.4 Å². The van der Waals surface area contributed by atoms with Crippen molar-refractivity contribution in [3.8, 4) is 0 Å². The molecule has 1 fully saturated rings. The van der Waals surface area contributed by atoms with Crippen LogP contribution in [0.1, 0.15) is 16.1 Å². The van der Waals surface area contributed by atoms with Crippen molar-refractivity contribution in [1.29, 1.82) is 0 Å². The predicted octanol–water partition coefficient (Wildman–Crippen LogP) is 3.62. The normalized spacial score (nSPS) is 14.1. The molecule has 0 spiro atoms. The third-order valence-electron chi connectivity index (χ3n) is 5.57. The van der Waals surface area contributed by atoms with Gasteiger partial charge in [0.2, 0.25) is 0 Å². The van der Waals surface area contributed by atoms with E-state index in [9.17, 15) is 4.79 Å². The lowest BCUT2D eigenvalue weighted by Crippen LogP contribution is -2.46. The van der Waals surface area contributed by atoms with E-state index in [1.165, 1.54) is 5.69 Å². The van der Waals surface area contributed by atoms with Crippen LogP contribution < -0.4 is 15.1 Å². The molecular weight excluding hydrogens is 388 g/mol. The molecule has 0 saturated carbocycles. The average molecular weight is 412 g/mol. The fourth-order valence-electron chi connectivity index (χ4n) is 3.93. The van der Waals surface area contributed by atoms with Gasteiger partial charge in [-0.1, -0.05) is 18.2 Å². The van der Waals surface area contributed by atoms with Crippen molar-refractivity contribution in [3.63, 3.8) is 0 Å². The number of benzene rings is 1. The van der Waals surface area contributed by atoms with Crippen LogP contribution in [0.2, 0.25) is 0 Å². The van der Waals surface area contributed by atoms with E-state index in [1.54, 1.807) is 18.3 Å². The Hall–Kier alpha value is -3.87. The topological polar surface area (TPSA) is 65.8 Å². The van der Waals surface area contributed by atoms with E-state index < -0.39 is 0 Å². The number of nitrogens with zero attached hydrogens (tertiary/aromatic N) is 5. The second kappa shape index (κ2) is 8.10. The second-order valence-corrected chi connectivity index (χ2v) is 7.73. The maximum atomic E-state index is 12.6. The van der Waals surface area contributed by atoms with Crippen LogP contribution in [0.3, 0.4) is 0 Å². The minimum atomic E-state index is -0.172. The Balaban J connectivity index is 1.21. The minimum Gasteiger partial charge on any atom is -0.368 e. The van der Waals surface area contributed by atoms with Crippen LogP contribution in [0, 0.1) is 6.92 Å². The number of pyridine rings is 2. The molecule has 0 atom stereocenters. The number of anilines is 3. The molecule has 1 saturated heterocycles. The van der Waals surface area contributed by atoms with Crippen molar-refractivity contribution < 1.29 is 4.79 Å². The highest BCUT2D eigenvalue weighted by Crippen LogP contribution is 2.20. The summed E-state index contributed by atoms with van der Waals surface area (Å²) in [5.41, 5.74) is 4.18. The number of piperazine rings is 1. The number of amides is 1. The summed E-state index contributed by atoms with van der Waals surface area (Å²) in [6.07, 6.45) is 5.50. The van der Waals surface area contributed by atoms with Gasteiger partial charge in [-0.15, -0.1) is 0 Å². The monoisotopic (exact) mass is 412 g/mol. The van der Waals surface area contributed by atoms with Gasteiger partial charge in [0, 0.05) is 49.8 Å². The highest BCUT2D eigenvalue weighted by molar-refractivity contribution is 6.04. The summed E-state index contributed by atoms with van der Waals surface area (Å²) >= 11 is 0. The number of aromatic nitrogens is 3. The van der Waals surface area contributed by atoms with E-state index in [1.807, 2.05) is 41.9 Å². The number of carbonyl (C=O) groups is 1. The van der Waals surface area contributed by atoms with Crippen LogP contribution in [-0.4, -0.2) is 46.5 Å². The molecule has 31 heavy (non-hydrogen) atoms. The van der Waals surface area contributed by atoms with Gasteiger partial charge in [0.15, 0.2) is 0 Å². The molecule has 5 rings (SSSR count). The van der Waals surface area contributed by atoms with Gasteiger partial charge in [0.25, 0.3) is 5.91 Å². The summed E-state index contributed by atoms with van der Waals surface area (Å²) in [6, 6.07) is 17.9. The molecule has 1 N–H and O–H groups in total. The molecule has 7 nitrogen and oxygen atoms in total. The summed E-state index contributed by atoms with van der Waals surface area (Å²) in [6.45, 7) is 5.68. The smallest absolute Gasteiger partial charge is 0.255 e. The van der Waals surface area contributed by atoms with Crippen LogP contribution >= 0.6 is 0 Å². The highest BCUT2D eigenvalue weighted by atomic mass is 16.1. The van der Waals surface area contributed by atoms with Gasteiger partial charge >= 0.3 is 0 Å². The zero-order valence-corrected chi connectivity index (χ0v) is 17.4. The first kappa shape index (κ1) is 19.1.